The van der Waals surface area contributed by atoms with E-state index in [1.54, 1.807) is 12.5 Å². The van der Waals surface area contributed by atoms with E-state index in [4.69, 9.17) is 5.73 Å². The first kappa shape index (κ1) is 16.6. The minimum absolute atomic E-state index is 0.643. The van der Waals surface area contributed by atoms with Gasteiger partial charge in [-0.3, -0.25) is 0 Å². The van der Waals surface area contributed by atoms with Gasteiger partial charge in [-0.2, -0.15) is 0 Å². The summed E-state index contributed by atoms with van der Waals surface area (Å²) in [7, 11) is 1.90. The number of nitrogens with zero attached hydrogens (tertiary/aromatic N) is 5. The van der Waals surface area contributed by atoms with Crippen molar-refractivity contribution in [2.75, 3.05) is 11.1 Å². The number of anilines is 2. The van der Waals surface area contributed by atoms with Gasteiger partial charge < -0.3 is 15.6 Å². The van der Waals surface area contributed by atoms with Gasteiger partial charge in [0.1, 0.15) is 16.7 Å². The molecule has 3 heterocycles. The summed E-state index contributed by atoms with van der Waals surface area (Å²) in [5.41, 5.74) is 9.15. The van der Waals surface area contributed by atoms with E-state index < -0.39 is 0 Å². The summed E-state index contributed by atoms with van der Waals surface area (Å²) < 4.78 is 1.86. The molecule has 130 valence electrons. The Kier molecular flexibility index (Phi) is 4.31. The van der Waals surface area contributed by atoms with Crippen LogP contribution < -0.4 is 11.1 Å². The highest BCUT2D eigenvalue weighted by Crippen LogP contribution is 2.32. The highest BCUT2D eigenvalue weighted by atomic mass is 32.2. The topological polar surface area (TPSA) is 94.5 Å². The van der Waals surface area contributed by atoms with Gasteiger partial charge in [0, 0.05) is 35.1 Å². The van der Waals surface area contributed by atoms with Gasteiger partial charge in [0.15, 0.2) is 10.3 Å². The molecule has 0 aliphatic carbocycles. The number of aryl methyl sites for hydroxylation is 1. The van der Waals surface area contributed by atoms with E-state index in [2.05, 4.69) is 32.1 Å². The zero-order valence-electron chi connectivity index (χ0n) is 13.9. The van der Waals surface area contributed by atoms with Crippen molar-refractivity contribution in [2.24, 2.45) is 7.05 Å². The lowest BCUT2D eigenvalue weighted by atomic mass is 10.1. The van der Waals surface area contributed by atoms with Crippen molar-refractivity contribution in [1.29, 1.82) is 0 Å². The maximum atomic E-state index is 6.15. The van der Waals surface area contributed by atoms with Crippen LogP contribution in [0.3, 0.4) is 0 Å². The van der Waals surface area contributed by atoms with E-state index in [1.807, 2.05) is 41.9 Å². The first-order chi connectivity index (χ1) is 12.6. The van der Waals surface area contributed by atoms with Gasteiger partial charge in [0.25, 0.3) is 0 Å². The molecule has 0 bridgehead atoms. The standard InChI is InChI=1S/C17H15N7S2/c1-10(21-16-22-14-4-3-7-19-15(14)26-16)12-8-11(5-6-13(12)18)25-17-23-20-9-24(17)2/h3-9H,1,18H2,2H3,(H,21,22). The van der Waals surface area contributed by atoms with Gasteiger partial charge in [0.2, 0.25) is 0 Å². The van der Waals surface area contributed by atoms with Crippen LogP contribution in [0.2, 0.25) is 0 Å². The molecule has 0 aliphatic heterocycles. The summed E-state index contributed by atoms with van der Waals surface area (Å²) >= 11 is 2.99. The maximum absolute atomic E-state index is 6.15. The molecule has 3 aromatic heterocycles. The van der Waals surface area contributed by atoms with Crippen molar-refractivity contribution in [3.05, 3.63) is 55.0 Å². The van der Waals surface area contributed by atoms with E-state index in [1.165, 1.54) is 23.1 Å². The molecule has 0 saturated carbocycles. The molecule has 0 aliphatic rings. The average molecular weight is 381 g/mol. The molecule has 0 radical (unpaired) electrons. The molecule has 26 heavy (non-hydrogen) atoms. The first-order valence-electron chi connectivity index (χ1n) is 7.69. The Morgan fingerprint density at radius 3 is 3.00 bits per heavy atom. The highest BCUT2D eigenvalue weighted by Gasteiger charge is 2.11. The van der Waals surface area contributed by atoms with E-state index in [9.17, 15) is 0 Å². The van der Waals surface area contributed by atoms with Crippen LogP contribution in [0, 0.1) is 0 Å². The summed E-state index contributed by atoms with van der Waals surface area (Å²) in [5, 5.41) is 12.8. The van der Waals surface area contributed by atoms with Crippen LogP contribution in [0.4, 0.5) is 10.8 Å². The molecule has 7 nitrogen and oxygen atoms in total. The van der Waals surface area contributed by atoms with E-state index in [0.717, 1.165) is 31.1 Å². The monoisotopic (exact) mass is 381 g/mol. The number of nitrogens with one attached hydrogen (secondary N) is 1. The van der Waals surface area contributed by atoms with Gasteiger partial charge in [-0.1, -0.05) is 17.9 Å². The van der Waals surface area contributed by atoms with Crippen molar-refractivity contribution in [3.63, 3.8) is 0 Å². The van der Waals surface area contributed by atoms with Gasteiger partial charge in [0.05, 0.1) is 0 Å². The van der Waals surface area contributed by atoms with Crippen LogP contribution >= 0.6 is 23.1 Å². The molecule has 4 rings (SSSR count). The van der Waals surface area contributed by atoms with Gasteiger partial charge in [-0.05, 0) is 42.1 Å². The van der Waals surface area contributed by atoms with Crippen LogP contribution in [0.5, 0.6) is 0 Å². The Bertz CT molecular complexity index is 1070. The number of hydrogen-bond donors (Lipinski definition) is 2. The van der Waals surface area contributed by atoms with Gasteiger partial charge >= 0.3 is 0 Å². The van der Waals surface area contributed by atoms with Crippen molar-refractivity contribution in [2.45, 2.75) is 10.1 Å². The second-order valence-corrected chi connectivity index (χ2v) is 7.54. The van der Waals surface area contributed by atoms with E-state index in [-0.39, 0.29) is 0 Å². The lowest BCUT2D eigenvalue weighted by molar-refractivity contribution is 0.788. The normalized spacial score (nSPS) is 11.0. The fourth-order valence-electron chi connectivity index (χ4n) is 2.35. The molecule has 0 amide bonds. The minimum Gasteiger partial charge on any atom is -0.398 e. The molecule has 1 aromatic carbocycles. The number of hydrogen-bond acceptors (Lipinski definition) is 8. The van der Waals surface area contributed by atoms with E-state index in [0.29, 0.717) is 11.4 Å². The Morgan fingerprint density at radius 2 is 2.23 bits per heavy atom. The number of benzene rings is 1. The Morgan fingerprint density at radius 1 is 1.35 bits per heavy atom. The number of aromatic nitrogens is 5. The lowest BCUT2D eigenvalue weighted by Gasteiger charge is -2.11. The van der Waals surface area contributed by atoms with Crippen molar-refractivity contribution in [1.82, 2.24) is 24.7 Å². The van der Waals surface area contributed by atoms with E-state index >= 15 is 0 Å². The molecule has 0 spiro atoms. The number of nitrogen functional groups attached to an aromatic ring is 1. The summed E-state index contributed by atoms with van der Waals surface area (Å²) in [5.74, 6) is 0. The Labute approximate surface area is 158 Å². The van der Waals surface area contributed by atoms with Gasteiger partial charge in [-0.25, -0.2) is 9.97 Å². The largest absolute Gasteiger partial charge is 0.398 e. The van der Waals surface area contributed by atoms with Crippen LogP contribution in [-0.4, -0.2) is 24.7 Å². The number of thiazole rings is 1. The summed E-state index contributed by atoms with van der Waals surface area (Å²) in [6.45, 7) is 4.12. The summed E-state index contributed by atoms with van der Waals surface area (Å²) in [6, 6.07) is 9.59. The molecular weight excluding hydrogens is 366 g/mol. The summed E-state index contributed by atoms with van der Waals surface area (Å²) in [6.07, 6.45) is 3.42. The zero-order valence-corrected chi connectivity index (χ0v) is 15.5. The lowest BCUT2D eigenvalue weighted by Crippen LogP contribution is -2.01. The van der Waals surface area contributed by atoms with Crippen molar-refractivity contribution < 1.29 is 0 Å². The third kappa shape index (κ3) is 3.26. The predicted octanol–water partition coefficient (Wildman–Crippen LogP) is 3.64. The molecule has 3 N–H and O–H groups in total. The van der Waals surface area contributed by atoms with Gasteiger partial charge in [-0.15, -0.1) is 10.2 Å². The molecule has 4 aromatic rings. The molecule has 0 atom stereocenters. The number of rotatable bonds is 5. The molecule has 0 unspecified atom stereocenters. The van der Waals surface area contributed by atoms with Crippen LogP contribution in [0.1, 0.15) is 5.56 Å². The third-order valence-electron chi connectivity index (χ3n) is 3.65. The smallest absolute Gasteiger partial charge is 0.195 e. The Balaban J connectivity index is 1.58. The maximum Gasteiger partial charge on any atom is 0.195 e. The van der Waals surface area contributed by atoms with Crippen LogP contribution in [-0.2, 0) is 7.05 Å². The first-order valence-corrected chi connectivity index (χ1v) is 9.32. The number of nitrogens with two attached hydrogens (primary N) is 1. The van der Waals surface area contributed by atoms with Crippen LogP contribution in [0.25, 0.3) is 16.0 Å². The summed E-state index contributed by atoms with van der Waals surface area (Å²) in [4.78, 5) is 10.7. The fraction of sp³-hybridized carbons (Fsp3) is 0.0588. The fourth-order valence-corrected chi connectivity index (χ4v) is 3.99. The molecule has 9 heteroatoms. The zero-order chi connectivity index (χ0) is 18.1. The predicted molar refractivity (Wildman–Crippen MR) is 106 cm³/mol. The quantitative estimate of drug-likeness (QED) is 0.510. The second kappa shape index (κ2) is 6.77. The SMILES string of the molecule is C=C(Nc1nc2cccnc2s1)c1cc(Sc2nncn2C)ccc1N. The number of pyridine rings is 1. The molecule has 0 fully saturated rings. The third-order valence-corrected chi connectivity index (χ3v) is 5.59. The van der Waals surface area contributed by atoms with Crippen LogP contribution in [0.15, 0.2) is 59.5 Å². The van der Waals surface area contributed by atoms with Crippen molar-refractivity contribution in [3.8, 4) is 0 Å². The minimum atomic E-state index is 0.643. The Hall–Kier alpha value is -2.91. The highest BCUT2D eigenvalue weighted by molar-refractivity contribution is 7.99. The average Bonchev–Trinajstić information content (AvgIpc) is 3.22. The second-order valence-electron chi connectivity index (χ2n) is 5.53. The molecular formula is C17H15N7S2. The van der Waals surface area contributed by atoms with Crippen molar-refractivity contribution >= 4 is 50.0 Å². The molecule has 0 saturated heterocycles. The number of fused-ring (bicyclic) bond motifs is 1.